The van der Waals surface area contributed by atoms with Crippen LogP contribution in [0.1, 0.15) is 38.4 Å². The van der Waals surface area contributed by atoms with Gasteiger partial charge in [0.25, 0.3) is 5.91 Å². The Labute approximate surface area is 157 Å². The number of anilines is 1. The highest BCUT2D eigenvalue weighted by Gasteiger charge is 2.16. The fraction of sp³-hybridized carbons (Fsp3) is 0.238. The molecule has 0 bridgehead atoms. The van der Waals surface area contributed by atoms with E-state index in [2.05, 4.69) is 17.2 Å². The Hall–Kier alpha value is -2.66. The summed E-state index contributed by atoms with van der Waals surface area (Å²) < 4.78 is 5.77. The van der Waals surface area contributed by atoms with Gasteiger partial charge in [0.05, 0.1) is 5.69 Å². The lowest BCUT2D eigenvalue weighted by Gasteiger charge is -2.08. The number of para-hydroxylation sites is 1. The zero-order valence-corrected chi connectivity index (χ0v) is 16.0. The standard InChI is InChI=1S/C21H22N2O2S/c1-4-16-7-5-6-8-18(16)23-21(24)20-15(3)22-19(26-20)13-25-17-11-9-14(2)10-12-17/h5-12H,4,13H2,1-3H3,(H,23,24). The molecule has 1 aromatic heterocycles. The van der Waals surface area contributed by atoms with Crippen LogP contribution < -0.4 is 10.1 Å². The third-order valence-corrected chi connectivity index (χ3v) is 5.21. The highest BCUT2D eigenvalue weighted by molar-refractivity contribution is 7.13. The van der Waals surface area contributed by atoms with Gasteiger partial charge in [0, 0.05) is 5.69 Å². The Bertz CT molecular complexity index is 901. The predicted molar refractivity (Wildman–Crippen MR) is 106 cm³/mol. The number of nitrogens with zero attached hydrogens (tertiary/aromatic N) is 1. The van der Waals surface area contributed by atoms with Gasteiger partial charge >= 0.3 is 0 Å². The molecule has 0 unspecified atom stereocenters. The van der Waals surface area contributed by atoms with E-state index in [-0.39, 0.29) is 5.91 Å². The van der Waals surface area contributed by atoms with E-state index < -0.39 is 0 Å². The average Bonchev–Trinajstić information content (AvgIpc) is 3.02. The maximum Gasteiger partial charge on any atom is 0.267 e. The highest BCUT2D eigenvalue weighted by atomic mass is 32.1. The number of rotatable bonds is 6. The first-order valence-electron chi connectivity index (χ1n) is 8.62. The van der Waals surface area contributed by atoms with E-state index in [1.165, 1.54) is 16.9 Å². The molecule has 0 saturated heterocycles. The zero-order valence-electron chi connectivity index (χ0n) is 15.2. The van der Waals surface area contributed by atoms with Crippen molar-refractivity contribution in [2.45, 2.75) is 33.8 Å². The molecule has 5 heteroatoms. The van der Waals surface area contributed by atoms with Crippen molar-refractivity contribution < 1.29 is 9.53 Å². The Kier molecular flexibility index (Phi) is 5.68. The first-order valence-corrected chi connectivity index (χ1v) is 9.43. The molecule has 0 saturated carbocycles. The fourth-order valence-corrected chi connectivity index (χ4v) is 3.51. The lowest BCUT2D eigenvalue weighted by atomic mass is 10.1. The van der Waals surface area contributed by atoms with Crippen LogP contribution in [0.4, 0.5) is 5.69 Å². The van der Waals surface area contributed by atoms with Gasteiger partial charge in [0.2, 0.25) is 0 Å². The molecule has 134 valence electrons. The quantitative estimate of drug-likeness (QED) is 0.656. The van der Waals surface area contributed by atoms with Crippen LogP contribution in [0.5, 0.6) is 5.75 Å². The van der Waals surface area contributed by atoms with Crippen molar-refractivity contribution in [3.63, 3.8) is 0 Å². The summed E-state index contributed by atoms with van der Waals surface area (Å²) in [4.78, 5) is 17.8. The molecule has 0 aliphatic heterocycles. The van der Waals surface area contributed by atoms with E-state index in [1.807, 2.05) is 62.4 Å². The molecule has 26 heavy (non-hydrogen) atoms. The summed E-state index contributed by atoms with van der Waals surface area (Å²) in [7, 11) is 0. The number of aromatic nitrogens is 1. The minimum Gasteiger partial charge on any atom is -0.486 e. The first kappa shape index (κ1) is 18.1. The van der Waals surface area contributed by atoms with Gasteiger partial charge in [-0.25, -0.2) is 4.98 Å². The molecule has 4 nitrogen and oxygen atoms in total. The second-order valence-corrected chi connectivity index (χ2v) is 7.17. The van der Waals surface area contributed by atoms with Gasteiger partial charge in [-0.3, -0.25) is 4.79 Å². The largest absolute Gasteiger partial charge is 0.486 e. The molecule has 0 spiro atoms. The van der Waals surface area contributed by atoms with Gasteiger partial charge in [-0.05, 0) is 44.0 Å². The number of nitrogens with one attached hydrogen (secondary N) is 1. The van der Waals surface area contributed by atoms with Gasteiger partial charge in [-0.15, -0.1) is 11.3 Å². The first-order chi connectivity index (χ1) is 12.6. The van der Waals surface area contributed by atoms with Crippen LogP contribution in [0, 0.1) is 13.8 Å². The molecule has 1 amide bonds. The number of ether oxygens (including phenoxy) is 1. The maximum absolute atomic E-state index is 12.6. The van der Waals surface area contributed by atoms with Crippen LogP contribution >= 0.6 is 11.3 Å². The third kappa shape index (κ3) is 4.29. The number of carbonyl (C=O) groups excluding carboxylic acids is 1. The molecule has 0 aliphatic carbocycles. The summed E-state index contributed by atoms with van der Waals surface area (Å²) in [6.45, 7) is 6.32. The minimum atomic E-state index is -0.123. The summed E-state index contributed by atoms with van der Waals surface area (Å²) >= 11 is 1.37. The van der Waals surface area contributed by atoms with Crippen LogP contribution in [-0.2, 0) is 13.0 Å². The molecule has 0 atom stereocenters. The number of hydrogen-bond acceptors (Lipinski definition) is 4. The maximum atomic E-state index is 12.6. The van der Waals surface area contributed by atoms with Crippen molar-refractivity contribution in [1.29, 1.82) is 0 Å². The number of amides is 1. The average molecular weight is 366 g/mol. The van der Waals surface area contributed by atoms with Crippen molar-refractivity contribution in [3.8, 4) is 5.75 Å². The molecule has 1 heterocycles. The van der Waals surface area contributed by atoms with Gasteiger partial charge < -0.3 is 10.1 Å². The topological polar surface area (TPSA) is 51.2 Å². The molecule has 3 aromatic rings. The number of thiazole rings is 1. The number of benzene rings is 2. The Morgan fingerprint density at radius 3 is 2.58 bits per heavy atom. The summed E-state index contributed by atoms with van der Waals surface area (Å²) in [5.74, 6) is 0.675. The van der Waals surface area contributed by atoms with Crippen molar-refractivity contribution in [2.24, 2.45) is 0 Å². The molecule has 0 aliphatic rings. The van der Waals surface area contributed by atoms with E-state index in [0.717, 1.165) is 34.1 Å². The van der Waals surface area contributed by atoms with Crippen molar-refractivity contribution in [2.75, 3.05) is 5.32 Å². The van der Waals surface area contributed by atoms with Crippen molar-refractivity contribution in [3.05, 3.63) is 75.2 Å². The number of aryl methyl sites for hydroxylation is 3. The van der Waals surface area contributed by atoms with Crippen molar-refractivity contribution in [1.82, 2.24) is 4.98 Å². The second kappa shape index (κ2) is 8.15. The Morgan fingerprint density at radius 2 is 1.85 bits per heavy atom. The van der Waals surface area contributed by atoms with Gasteiger partial charge in [0.15, 0.2) is 0 Å². The monoisotopic (exact) mass is 366 g/mol. The van der Waals surface area contributed by atoms with E-state index in [0.29, 0.717) is 11.5 Å². The normalized spacial score (nSPS) is 10.6. The minimum absolute atomic E-state index is 0.123. The molecular weight excluding hydrogens is 344 g/mol. The lowest BCUT2D eigenvalue weighted by molar-refractivity contribution is 0.102. The molecule has 0 fully saturated rings. The van der Waals surface area contributed by atoms with Crippen molar-refractivity contribution >= 4 is 22.9 Å². The van der Waals surface area contributed by atoms with Crippen LogP contribution in [-0.4, -0.2) is 10.9 Å². The Balaban J connectivity index is 1.69. The van der Waals surface area contributed by atoms with E-state index >= 15 is 0 Å². The summed E-state index contributed by atoms with van der Waals surface area (Å²) in [5, 5.41) is 3.79. The third-order valence-electron chi connectivity index (χ3n) is 4.08. The molecule has 2 aromatic carbocycles. The van der Waals surface area contributed by atoms with Crippen LogP contribution in [0.15, 0.2) is 48.5 Å². The fourth-order valence-electron chi connectivity index (χ4n) is 2.63. The van der Waals surface area contributed by atoms with Gasteiger partial charge in [-0.1, -0.05) is 42.8 Å². The van der Waals surface area contributed by atoms with Gasteiger partial charge in [-0.2, -0.15) is 0 Å². The summed E-state index contributed by atoms with van der Waals surface area (Å²) in [6.07, 6.45) is 0.869. The van der Waals surface area contributed by atoms with Crippen LogP contribution in [0.2, 0.25) is 0 Å². The Morgan fingerprint density at radius 1 is 1.12 bits per heavy atom. The molecule has 1 N–H and O–H groups in total. The number of hydrogen-bond donors (Lipinski definition) is 1. The summed E-state index contributed by atoms with van der Waals surface area (Å²) in [6, 6.07) is 15.7. The smallest absolute Gasteiger partial charge is 0.267 e. The van der Waals surface area contributed by atoms with E-state index in [4.69, 9.17) is 4.74 Å². The molecular formula is C21H22N2O2S. The summed E-state index contributed by atoms with van der Waals surface area (Å²) in [5.41, 5.74) is 3.88. The molecule has 0 radical (unpaired) electrons. The van der Waals surface area contributed by atoms with E-state index in [9.17, 15) is 4.79 Å². The lowest BCUT2D eigenvalue weighted by Crippen LogP contribution is -2.12. The van der Waals surface area contributed by atoms with Gasteiger partial charge in [0.1, 0.15) is 22.2 Å². The highest BCUT2D eigenvalue weighted by Crippen LogP contribution is 2.23. The second-order valence-electron chi connectivity index (χ2n) is 6.09. The van der Waals surface area contributed by atoms with Crippen LogP contribution in [0.25, 0.3) is 0 Å². The predicted octanol–water partition coefficient (Wildman–Crippen LogP) is 5.15. The van der Waals surface area contributed by atoms with Crippen LogP contribution in [0.3, 0.4) is 0 Å². The number of carbonyl (C=O) groups is 1. The molecule has 3 rings (SSSR count). The van der Waals surface area contributed by atoms with E-state index in [1.54, 1.807) is 0 Å². The zero-order chi connectivity index (χ0) is 18.5. The SMILES string of the molecule is CCc1ccccc1NC(=O)c1sc(COc2ccc(C)cc2)nc1C.